The van der Waals surface area contributed by atoms with E-state index in [-0.39, 0.29) is 17.5 Å². The first-order chi connectivity index (χ1) is 16.5. The molecule has 4 rings (SSSR count). The first kappa shape index (κ1) is 23.3. The fraction of sp³-hybridized carbons (Fsp3) is 0.200. The lowest BCUT2D eigenvalue weighted by atomic mass is 10.1. The van der Waals surface area contributed by atoms with Gasteiger partial charge >= 0.3 is 0 Å². The fourth-order valence-corrected chi connectivity index (χ4v) is 4.69. The number of benzene rings is 2. The van der Waals surface area contributed by atoms with Crippen LogP contribution in [0.25, 0.3) is 10.8 Å². The van der Waals surface area contributed by atoms with Crippen molar-refractivity contribution in [3.05, 3.63) is 66.4 Å². The van der Waals surface area contributed by atoms with Gasteiger partial charge in [-0.3, -0.25) is 4.79 Å². The summed E-state index contributed by atoms with van der Waals surface area (Å²) in [7, 11) is 4.67. The third kappa shape index (κ3) is 4.74. The summed E-state index contributed by atoms with van der Waals surface area (Å²) in [5.74, 6) is 2.13. The molecule has 0 radical (unpaired) electrons. The Morgan fingerprint density at radius 2 is 1.68 bits per heavy atom. The lowest BCUT2D eigenvalue weighted by Gasteiger charge is -2.16. The molecular formula is C25H25N3O5S. The Morgan fingerprint density at radius 3 is 2.29 bits per heavy atom. The number of aromatic nitrogens is 2. The van der Waals surface area contributed by atoms with Crippen molar-refractivity contribution in [1.29, 1.82) is 0 Å². The summed E-state index contributed by atoms with van der Waals surface area (Å²) in [5, 5.41) is 16.2. The van der Waals surface area contributed by atoms with Crippen molar-refractivity contribution < 1.29 is 24.1 Å². The quantitative estimate of drug-likeness (QED) is 0.340. The number of hydrogen-bond acceptors (Lipinski definition) is 7. The highest BCUT2D eigenvalue weighted by molar-refractivity contribution is 8.00. The molecule has 0 aliphatic carbocycles. The summed E-state index contributed by atoms with van der Waals surface area (Å²) < 4.78 is 18.1. The molecule has 0 aliphatic rings. The lowest BCUT2D eigenvalue weighted by Crippen LogP contribution is -2.15. The van der Waals surface area contributed by atoms with E-state index in [1.54, 1.807) is 44.2 Å². The number of amides is 1. The molecule has 0 bridgehead atoms. The van der Waals surface area contributed by atoms with Gasteiger partial charge in [-0.05, 0) is 35.9 Å². The van der Waals surface area contributed by atoms with E-state index in [1.165, 1.54) is 11.8 Å². The van der Waals surface area contributed by atoms with Crippen LogP contribution in [0.15, 0.2) is 65.8 Å². The Hall–Kier alpha value is -3.85. The highest BCUT2D eigenvalue weighted by Gasteiger charge is 2.20. The number of anilines is 1. The van der Waals surface area contributed by atoms with Crippen molar-refractivity contribution in [2.24, 2.45) is 0 Å². The lowest BCUT2D eigenvalue weighted by molar-refractivity contribution is -0.113. The normalized spacial score (nSPS) is 10.8. The maximum atomic E-state index is 12.5. The molecule has 0 spiro atoms. The molecule has 0 saturated heterocycles. The van der Waals surface area contributed by atoms with Crippen LogP contribution in [0.3, 0.4) is 0 Å². The average Bonchev–Trinajstić information content (AvgIpc) is 3.13. The molecule has 2 aromatic carbocycles. The minimum absolute atomic E-state index is 0.122. The van der Waals surface area contributed by atoms with Gasteiger partial charge in [0.25, 0.3) is 0 Å². The molecule has 0 atom stereocenters. The predicted octanol–water partition coefficient (Wildman–Crippen LogP) is 4.55. The number of hydrogen-bond donors (Lipinski definition) is 2. The van der Waals surface area contributed by atoms with Crippen LogP contribution in [0, 0.1) is 0 Å². The van der Waals surface area contributed by atoms with E-state index in [9.17, 15) is 9.90 Å². The van der Waals surface area contributed by atoms with Crippen molar-refractivity contribution in [2.75, 3.05) is 32.4 Å². The van der Waals surface area contributed by atoms with Gasteiger partial charge in [0.2, 0.25) is 11.7 Å². The number of carbonyl (C=O) groups is 1. The molecule has 34 heavy (non-hydrogen) atoms. The molecule has 0 fully saturated rings. The molecule has 176 valence electrons. The van der Waals surface area contributed by atoms with Crippen molar-refractivity contribution in [2.45, 2.75) is 11.6 Å². The number of methoxy groups -OCH3 is 3. The zero-order valence-electron chi connectivity index (χ0n) is 19.1. The summed E-state index contributed by atoms with van der Waals surface area (Å²) >= 11 is 1.35. The van der Waals surface area contributed by atoms with Crippen molar-refractivity contribution in [3.8, 4) is 23.1 Å². The summed E-state index contributed by atoms with van der Waals surface area (Å²) in [6.45, 7) is 0.335. The van der Waals surface area contributed by atoms with Gasteiger partial charge in [0, 0.05) is 17.0 Å². The SMILES string of the molecule is COc1cc(Cn2c(O)c3ccccc3c2SCC(=O)Nc2ccccn2)cc(OC)c1OC. The van der Waals surface area contributed by atoms with Crippen molar-refractivity contribution in [1.82, 2.24) is 9.55 Å². The number of nitrogens with zero attached hydrogens (tertiary/aromatic N) is 2. The second-order valence-electron chi connectivity index (χ2n) is 7.35. The average molecular weight is 480 g/mol. The number of nitrogens with one attached hydrogen (secondary N) is 1. The number of pyridine rings is 1. The fourth-order valence-electron chi connectivity index (χ4n) is 3.71. The number of rotatable bonds is 9. The molecule has 2 N–H and O–H groups in total. The topological polar surface area (TPSA) is 94.8 Å². The molecule has 2 aromatic heterocycles. The molecular weight excluding hydrogens is 454 g/mol. The Morgan fingerprint density at radius 1 is 1.00 bits per heavy atom. The van der Waals surface area contributed by atoms with Gasteiger partial charge in [-0.15, -0.1) is 0 Å². The van der Waals surface area contributed by atoms with Crippen LogP contribution in [0.2, 0.25) is 0 Å². The Labute approximate surface area is 201 Å². The molecule has 2 heterocycles. The van der Waals surface area contributed by atoms with Gasteiger partial charge in [0.1, 0.15) is 5.82 Å². The molecule has 9 heteroatoms. The molecule has 0 unspecified atom stereocenters. The van der Waals surface area contributed by atoms with Crippen molar-refractivity contribution in [3.63, 3.8) is 0 Å². The number of fused-ring (bicyclic) bond motifs is 1. The Kier molecular flexibility index (Phi) is 7.12. The van der Waals surface area contributed by atoms with Crippen LogP contribution in [-0.2, 0) is 11.3 Å². The Balaban J connectivity index is 1.66. The van der Waals surface area contributed by atoms with Crippen LogP contribution in [0.1, 0.15) is 5.56 Å². The second kappa shape index (κ2) is 10.4. The van der Waals surface area contributed by atoms with Gasteiger partial charge in [-0.1, -0.05) is 36.0 Å². The van der Waals surface area contributed by atoms with E-state index in [0.717, 1.165) is 16.0 Å². The number of thioether (sulfide) groups is 1. The zero-order chi connectivity index (χ0) is 24.1. The van der Waals surface area contributed by atoms with Crippen LogP contribution in [0.5, 0.6) is 23.1 Å². The van der Waals surface area contributed by atoms with Crippen LogP contribution in [0.4, 0.5) is 5.82 Å². The van der Waals surface area contributed by atoms with Gasteiger partial charge < -0.3 is 29.2 Å². The monoisotopic (exact) mass is 479 g/mol. The van der Waals surface area contributed by atoms with E-state index < -0.39 is 0 Å². The highest BCUT2D eigenvalue weighted by atomic mass is 32.2. The predicted molar refractivity (Wildman–Crippen MR) is 132 cm³/mol. The van der Waals surface area contributed by atoms with Gasteiger partial charge in [0.05, 0.1) is 38.7 Å². The van der Waals surface area contributed by atoms with Crippen LogP contribution in [-0.4, -0.2) is 47.6 Å². The summed E-state index contributed by atoms with van der Waals surface area (Å²) in [5.41, 5.74) is 0.838. The van der Waals surface area contributed by atoms with E-state index in [4.69, 9.17) is 14.2 Å². The molecule has 8 nitrogen and oxygen atoms in total. The van der Waals surface area contributed by atoms with E-state index in [0.29, 0.717) is 35.0 Å². The first-order valence-electron chi connectivity index (χ1n) is 10.5. The third-order valence-electron chi connectivity index (χ3n) is 5.24. The Bertz CT molecular complexity index is 1280. The van der Waals surface area contributed by atoms with E-state index in [1.807, 2.05) is 42.5 Å². The molecule has 0 aliphatic heterocycles. The number of ether oxygens (including phenoxy) is 3. The van der Waals surface area contributed by atoms with Gasteiger partial charge in [0.15, 0.2) is 17.4 Å². The van der Waals surface area contributed by atoms with Gasteiger partial charge in [-0.2, -0.15) is 0 Å². The standard InChI is InChI=1S/C25H25N3O5S/c1-31-19-12-16(13-20(32-2)23(19)33-3)14-28-24(30)17-8-4-5-9-18(17)25(28)34-15-22(29)27-21-10-6-7-11-26-21/h4-13,30H,14-15H2,1-3H3,(H,26,27,29). The second-order valence-corrected chi connectivity index (χ2v) is 8.31. The van der Waals surface area contributed by atoms with E-state index >= 15 is 0 Å². The summed E-state index contributed by atoms with van der Waals surface area (Å²) in [6, 6.07) is 16.6. The largest absolute Gasteiger partial charge is 0.494 e. The number of aromatic hydroxyl groups is 1. The molecule has 4 aromatic rings. The maximum absolute atomic E-state index is 12.5. The maximum Gasteiger partial charge on any atom is 0.235 e. The number of carbonyl (C=O) groups excluding carboxylic acids is 1. The summed E-state index contributed by atoms with van der Waals surface area (Å²) in [6.07, 6.45) is 1.62. The minimum atomic E-state index is -0.187. The molecule has 1 amide bonds. The third-order valence-corrected chi connectivity index (χ3v) is 6.36. The first-order valence-corrected chi connectivity index (χ1v) is 11.5. The zero-order valence-corrected chi connectivity index (χ0v) is 19.9. The minimum Gasteiger partial charge on any atom is -0.494 e. The van der Waals surface area contributed by atoms with Crippen LogP contribution >= 0.6 is 11.8 Å². The smallest absolute Gasteiger partial charge is 0.235 e. The molecule has 0 saturated carbocycles. The van der Waals surface area contributed by atoms with Crippen molar-refractivity contribution >= 4 is 34.3 Å². The highest BCUT2D eigenvalue weighted by Crippen LogP contribution is 2.41. The van der Waals surface area contributed by atoms with Gasteiger partial charge in [-0.25, -0.2) is 4.98 Å². The van der Waals surface area contributed by atoms with E-state index in [2.05, 4.69) is 10.3 Å². The van der Waals surface area contributed by atoms with Crippen LogP contribution < -0.4 is 19.5 Å². The summed E-state index contributed by atoms with van der Waals surface area (Å²) in [4.78, 5) is 16.7.